The Morgan fingerprint density at radius 3 is 2.57 bits per heavy atom. The zero-order valence-corrected chi connectivity index (χ0v) is 17.9. The fourth-order valence-electron chi connectivity index (χ4n) is 5.24. The average Bonchev–Trinajstić information content (AvgIpc) is 3.30. The van der Waals surface area contributed by atoms with Crippen molar-refractivity contribution in [1.29, 1.82) is 0 Å². The molecular formula is C22H28N4O4. The van der Waals surface area contributed by atoms with Crippen LogP contribution in [0.1, 0.15) is 25.8 Å². The van der Waals surface area contributed by atoms with Crippen molar-refractivity contribution in [2.45, 2.75) is 38.4 Å². The molecule has 4 rings (SSSR count). The Morgan fingerprint density at radius 2 is 1.93 bits per heavy atom. The molecule has 4 atom stereocenters. The van der Waals surface area contributed by atoms with Gasteiger partial charge < -0.3 is 14.5 Å². The van der Waals surface area contributed by atoms with Crippen LogP contribution in [-0.2, 0) is 25.7 Å². The lowest BCUT2D eigenvalue weighted by molar-refractivity contribution is -0.157. The first kappa shape index (κ1) is 20.4. The second kappa shape index (κ2) is 7.41. The standard InChI is InChI=1S/C22H28N4O4/c1-5-11-23-21-24(3)13-15-16-17(22(2,26(15)21)20(29)30-4)19(28)25(18(16)27)12-14-9-7-6-8-10-14/h6-10,15-17H,5,11-13H2,1-4H3/t15-,16+,17-,22-/m1/s1. The van der Waals surface area contributed by atoms with Crippen molar-refractivity contribution in [2.24, 2.45) is 16.8 Å². The molecule has 1 aromatic carbocycles. The Balaban J connectivity index is 1.76. The van der Waals surface area contributed by atoms with E-state index in [1.54, 1.807) is 6.92 Å². The minimum atomic E-state index is -1.28. The molecule has 3 heterocycles. The van der Waals surface area contributed by atoms with Gasteiger partial charge in [-0.25, -0.2) is 4.79 Å². The van der Waals surface area contributed by atoms with Crippen molar-refractivity contribution < 1.29 is 19.1 Å². The third-order valence-electron chi connectivity index (χ3n) is 6.57. The summed E-state index contributed by atoms with van der Waals surface area (Å²) in [5.74, 6) is -1.77. The molecule has 3 aliphatic rings. The van der Waals surface area contributed by atoms with Crippen LogP contribution in [0.5, 0.6) is 0 Å². The first-order valence-electron chi connectivity index (χ1n) is 10.4. The second-order valence-electron chi connectivity index (χ2n) is 8.39. The molecule has 8 nitrogen and oxygen atoms in total. The fraction of sp³-hybridized carbons (Fsp3) is 0.545. The average molecular weight is 412 g/mol. The van der Waals surface area contributed by atoms with Gasteiger partial charge in [0.1, 0.15) is 0 Å². The third-order valence-corrected chi connectivity index (χ3v) is 6.57. The summed E-state index contributed by atoms with van der Waals surface area (Å²) in [4.78, 5) is 49.8. The number of fused-ring (bicyclic) bond motifs is 3. The maximum Gasteiger partial charge on any atom is 0.332 e. The summed E-state index contributed by atoms with van der Waals surface area (Å²) in [5.41, 5.74) is -0.399. The highest BCUT2D eigenvalue weighted by atomic mass is 16.5. The van der Waals surface area contributed by atoms with Gasteiger partial charge in [0.25, 0.3) is 0 Å². The minimum absolute atomic E-state index is 0.210. The number of nitrogens with zero attached hydrogens (tertiary/aromatic N) is 4. The van der Waals surface area contributed by atoms with E-state index in [1.807, 2.05) is 54.1 Å². The van der Waals surface area contributed by atoms with Crippen molar-refractivity contribution >= 4 is 23.7 Å². The monoisotopic (exact) mass is 412 g/mol. The molecule has 0 saturated carbocycles. The van der Waals surface area contributed by atoms with Gasteiger partial charge in [0, 0.05) is 20.1 Å². The van der Waals surface area contributed by atoms with Crippen molar-refractivity contribution in [3.05, 3.63) is 35.9 Å². The number of aliphatic imine (C=N–C) groups is 1. The van der Waals surface area contributed by atoms with Crippen molar-refractivity contribution in [2.75, 3.05) is 27.2 Å². The number of benzene rings is 1. The Kier molecular flexibility index (Phi) is 5.03. The number of ether oxygens (including phenoxy) is 1. The fourth-order valence-corrected chi connectivity index (χ4v) is 5.24. The van der Waals surface area contributed by atoms with Crippen molar-refractivity contribution in [1.82, 2.24) is 14.7 Å². The summed E-state index contributed by atoms with van der Waals surface area (Å²) in [6.45, 7) is 5.10. The number of carbonyl (C=O) groups is 3. The number of likely N-dealkylation sites (tertiary alicyclic amines) is 1. The summed E-state index contributed by atoms with van der Waals surface area (Å²) in [6.07, 6.45) is 0.861. The molecule has 3 fully saturated rings. The normalized spacial score (nSPS) is 31.5. The number of imide groups is 1. The quantitative estimate of drug-likeness (QED) is 0.532. The molecule has 0 N–H and O–H groups in total. The smallest absolute Gasteiger partial charge is 0.332 e. The molecule has 3 aliphatic heterocycles. The van der Waals surface area contributed by atoms with Gasteiger partial charge >= 0.3 is 5.97 Å². The lowest BCUT2D eigenvalue weighted by Crippen LogP contribution is -2.58. The number of rotatable bonds is 5. The molecule has 0 spiro atoms. The maximum absolute atomic E-state index is 13.5. The highest BCUT2D eigenvalue weighted by Gasteiger charge is 2.72. The zero-order valence-electron chi connectivity index (χ0n) is 17.9. The van der Waals surface area contributed by atoms with Crippen LogP contribution in [0.2, 0.25) is 0 Å². The van der Waals surface area contributed by atoms with E-state index in [9.17, 15) is 14.4 Å². The minimum Gasteiger partial charge on any atom is -0.467 e. The van der Waals surface area contributed by atoms with Crippen LogP contribution in [0, 0.1) is 11.8 Å². The molecule has 0 aromatic heterocycles. The van der Waals surface area contributed by atoms with Crippen LogP contribution < -0.4 is 0 Å². The van der Waals surface area contributed by atoms with Gasteiger partial charge in [0.2, 0.25) is 11.8 Å². The van der Waals surface area contributed by atoms with Gasteiger partial charge in [-0.2, -0.15) is 0 Å². The summed E-state index contributed by atoms with van der Waals surface area (Å²) >= 11 is 0. The molecule has 8 heteroatoms. The van der Waals surface area contributed by atoms with Crippen LogP contribution in [0.3, 0.4) is 0 Å². The van der Waals surface area contributed by atoms with E-state index in [4.69, 9.17) is 4.74 Å². The van der Waals surface area contributed by atoms with Crippen molar-refractivity contribution in [3.63, 3.8) is 0 Å². The number of carbonyl (C=O) groups excluding carboxylic acids is 3. The number of methoxy groups -OCH3 is 1. The summed E-state index contributed by atoms with van der Waals surface area (Å²) < 4.78 is 5.14. The van der Waals surface area contributed by atoms with Crippen LogP contribution in [0.4, 0.5) is 0 Å². The van der Waals surface area contributed by atoms with Crippen molar-refractivity contribution in [3.8, 4) is 0 Å². The molecular weight excluding hydrogens is 384 g/mol. The molecule has 0 aliphatic carbocycles. The van der Waals surface area contributed by atoms with Crippen LogP contribution in [0.15, 0.2) is 35.3 Å². The van der Waals surface area contributed by atoms with E-state index in [2.05, 4.69) is 4.99 Å². The van der Waals surface area contributed by atoms with Crippen LogP contribution in [-0.4, -0.2) is 77.3 Å². The number of hydrogen-bond donors (Lipinski definition) is 0. The Hall–Kier alpha value is -2.90. The summed E-state index contributed by atoms with van der Waals surface area (Å²) in [6, 6.07) is 9.13. The maximum atomic E-state index is 13.5. The predicted molar refractivity (Wildman–Crippen MR) is 110 cm³/mol. The van der Waals surface area contributed by atoms with E-state index in [0.717, 1.165) is 12.0 Å². The molecule has 0 bridgehead atoms. The highest BCUT2D eigenvalue weighted by Crippen LogP contribution is 2.52. The molecule has 0 unspecified atom stereocenters. The molecule has 1 aromatic rings. The Morgan fingerprint density at radius 1 is 1.23 bits per heavy atom. The largest absolute Gasteiger partial charge is 0.467 e. The van der Waals surface area contributed by atoms with Gasteiger partial charge in [-0.15, -0.1) is 0 Å². The molecule has 160 valence electrons. The molecule has 30 heavy (non-hydrogen) atoms. The summed E-state index contributed by atoms with van der Waals surface area (Å²) in [7, 11) is 3.23. The predicted octanol–water partition coefficient (Wildman–Crippen LogP) is 1.12. The third kappa shape index (κ3) is 2.73. The zero-order chi connectivity index (χ0) is 21.6. The number of guanidine groups is 1. The first-order valence-corrected chi connectivity index (χ1v) is 10.4. The number of likely N-dealkylation sites (N-methyl/N-ethyl adjacent to an activating group) is 1. The van der Waals surface area contributed by atoms with Gasteiger partial charge in [0.05, 0.1) is 31.5 Å². The van der Waals surface area contributed by atoms with E-state index < -0.39 is 23.3 Å². The lowest BCUT2D eigenvalue weighted by atomic mass is 9.81. The van der Waals surface area contributed by atoms with Gasteiger partial charge in [-0.1, -0.05) is 37.3 Å². The van der Waals surface area contributed by atoms with E-state index in [1.165, 1.54) is 12.0 Å². The molecule has 0 radical (unpaired) electrons. The molecule has 3 saturated heterocycles. The topological polar surface area (TPSA) is 82.5 Å². The van der Waals surface area contributed by atoms with E-state index in [0.29, 0.717) is 19.0 Å². The second-order valence-corrected chi connectivity index (χ2v) is 8.39. The first-order chi connectivity index (χ1) is 14.4. The number of esters is 1. The number of amides is 2. The summed E-state index contributed by atoms with van der Waals surface area (Å²) in [5, 5.41) is 0. The SMILES string of the molecule is CCCN=C1N(C)C[C@@H]2[C@@H]3C(=O)N(Cc4ccccc4)C(=O)[C@@H]3[C@](C)(C(=O)OC)N12. The molecule has 2 amide bonds. The Bertz CT molecular complexity index is 902. The van der Waals surface area contributed by atoms with Gasteiger partial charge in [0.15, 0.2) is 11.5 Å². The highest BCUT2D eigenvalue weighted by molar-refractivity contribution is 6.11. The number of hydrogen-bond acceptors (Lipinski definition) is 5. The van der Waals surface area contributed by atoms with E-state index >= 15 is 0 Å². The van der Waals surface area contributed by atoms with E-state index in [-0.39, 0.29) is 24.4 Å². The van der Waals surface area contributed by atoms with Gasteiger partial charge in [-0.05, 0) is 18.9 Å². The van der Waals surface area contributed by atoms with Gasteiger partial charge in [-0.3, -0.25) is 19.5 Å². The lowest BCUT2D eigenvalue weighted by Gasteiger charge is -2.37. The Labute approximate surface area is 176 Å². The van der Waals surface area contributed by atoms with Crippen LogP contribution in [0.25, 0.3) is 0 Å². The van der Waals surface area contributed by atoms with Crippen LogP contribution >= 0.6 is 0 Å².